The molecule has 1 aliphatic heterocycles. The summed E-state index contributed by atoms with van der Waals surface area (Å²) >= 11 is 0. The van der Waals surface area contributed by atoms with E-state index in [0.717, 1.165) is 6.07 Å². The van der Waals surface area contributed by atoms with E-state index in [1.165, 1.54) is 25.7 Å². The van der Waals surface area contributed by atoms with Gasteiger partial charge in [0.2, 0.25) is 23.3 Å². The van der Waals surface area contributed by atoms with Gasteiger partial charge in [0, 0.05) is 23.5 Å². The van der Waals surface area contributed by atoms with E-state index in [1.807, 2.05) is 13.8 Å². The topological polar surface area (TPSA) is 154 Å². The van der Waals surface area contributed by atoms with Crippen LogP contribution in [0.2, 0.25) is 0 Å². The number of hydrogen-bond donors (Lipinski definition) is 4. The van der Waals surface area contributed by atoms with Gasteiger partial charge in [-0.3, -0.25) is 24.0 Å². The minimum atomic E-state index is -5.21. The van der Waals surface area contributed by atoms with Gasteiger partial charge >= 0.3 is 12.1 Å². The molecular formula is C27H32F3N5O5. The van der Waals surface area contributed by atoms with Crippen LogP contribution in [0, 0.1) is 22.7 Å². The van der Waals surface area contributed by atoms with Crippen molar-refractivity contribution in [2.45, 2.75) is 58.9 Å². The van der Waals surface area contributed by atoms with Crippen molar-refractivity contribution < 1.29 is 32.3 Å². The third-order valence-electron chi connectivity index (χ3n) is 8.07. The molecular weight excluding hydrogens is 531 g/mol. The smallest absolute Gasteiger partial charge is 0.368 e. The molecule has 5 atom stereocenters. The van der Waals surface area contributed by atoms with Crippen LogP contribution in [0.5, 0.6) is 0 Å². The number of aromatic amines is 1. The normalized spacial score (nSPS) is 23.2. The molecule has 0 spiro atoms. The fourth-order valence-corrected chi connectivity index (χ4v) is 5.84. The molecule has 5 N–H and O–H groups in total. The molecule has 1 aromatic carbocycles. The first kappa shape index (κ1) is 29.1. The molecule has 2 aliphatic rings. The number of rotatable bonds is 6. The second kappa shape index (κ2) is 9.63. The van der Waals surface area contributed by atoms with Gasteiger partial charge in [-0.15, -0.1) is 0 Å². The summed E-state index contributed by atoms with van der Waals surface area (Å²) in [4.78, 5) is 67.9. The quantitative estimate of drug-likeness (QED) is 0.422. The van der Waals surface area contributed by atoms with Crippen molar-refractivity contribution in [2.24, 2.45) is 28.4 Å². The van der Waals surface area contributed by atoms with Gasteiger partial charge in [0.1, 0.15) is 18.1 Å². The lowest BCUT2D eigenvalue weighted by Crippen LogP contribution is -2.61. The maximum Gasteiger partial charge on any atom is 0.471 e. The molecule has 1 saturated heterocycles. The summed E-state index contributed by atoms with van der Waals surface area (Å²) < 4.78 is 39.2. The number of benzene rings is 1. The third-order valence-corrected chi connectivity index (χ3v) is 8.07. The Morgan fingerprint density at radius 3 is 2.30 bits per heavy atom. The lowest BCUT2D eigenvalue weighted by molar-refractivity contribution is -0.176. The second-order valence-electron chi connectivity index (χ2n) is 12.1. The zero-order chi connectivity index (χ0) is 29.9. The number of nitrogens with two attached hydrogens (primary N) is 1. The maximum atomic E-state index is 13.8. The molecule has 0 bridgehead atoms. The van der Waals surface area contributed by atoms with Crippen LogP contribution in [-0.2, 0) is 19.2 Å². The van der Waals surface area contributed by atoms with Crippen LogP contribution in [0.4, 0.5) is 13.2 Å². The molecule has 10 nitrogen and oxygen atoms in total. The number of nitrogens with one attached hydrogen (secondary N) is 3. The standard InChI is InChI=1S/C27H32F3N5O5/c1-25(2,3)20(34-24(40)27(28,29)30)23(39)35-11-14-17(26(14,4)5)19(35)22(38)33-18(21(31)37)13-10-16(36)32-15-9-7-6-8-12(13)15/h6-10,14,17-20H,11H2,1-5H3,(H2,31,37)(H,32,36)(H,33,38)(H,34,40)/t14-,17-,18?,19-,20?/m0/s1. The summed E-state index contributed by atoms with van der Waals surface area (Å²) in [5.41, 5.74) is 4.22. The van der Waals surface area contributed by atoms with Gasteiger partial charge < -0.3 is 26.3 Å². The number of piperidine rings is 1. The summed E-state index contributed by atoms with van der Waals surface area (Å²) in [6, 6.07) is 3.63. The molecule has 40 heavy (non-hydrogen) atoms. The number of para-hydroxylation sites is 1. The van der Waals surface area contributed by atoms with Crippen molar-refractivity contribution in [2.75, 3.05) is 6.54 Å². The Hall–Kier alpha value is -3.90. The summed E-state index contributed by atoms with van der Waals surface area (Å²) in [6.07, 6.45) is -5.21. The van der Waals surface area contributed by atoms with Gasteiger partial charge in [0.15, 0.2) is 0 Å². The van der Waals surface area contributed by atoms with Crippen molar-refractivity contribution >= 4 is 34.5 Å². The molecule has 2 fully saturated rings. The summed E-state index contributed by atoms with van der Waals surface area (Å²) in [5.74, 6) is -5.27. The van der Waals surface area contributed by atoms with Crippen LogP contribution >= 0.6 is 0 Å². The molecule has 2 aromatic rings. The fourth-order valence-electron chi connectivity index (χ4n) is 5.84. The molecule has 4 amide bonds. The number of nitrogens with zero attached hydrogens (tertiary/aromatic N) is 1. The van der Waals surface area contributed by atoms with Crippen molar-refractivity contribution in [3.63, 3.8) is 0 Å². The van der Waals surface area contributed by atoms with Crippen LogP contribution in [-0.4, -0.2) is 58.3 Å². The lowest BCUT2D eigenvalue weighted by atomic mass is 9.85. The number of aromatic nitrogens is 1. The van der Waals surface area contributed by atoms with E-state index in [1.54, 1.807) is 29.6 Å². The Labute approximate surface area is 227 Å². The number of alkyl halides is 3. The number of carbonyl (C=O) groups excluding carboxylic acids is 4. The van der Waals surface area contributed by atoms with Gasteiger partial charge in [-0.25, -0.2) is 0 Å². The van der Waals surface area contributed by atoms with Crippen LogP contribution in [0.15, 0.2) is 35.1 Å². The highest BCUT2D eigenvalue weighted by molar-refractivity contribution is 5.97. The first-order chi connectivity index (χ1) is 18.4. The highest BCUT2D eigenvalue weighted by Gasteiger charge is 2.70. The van der Waals surface area contributed by atoms with Crippen LogP contribution < -0.4 is 21.9 Å². The van der Waals surface area contributed by atoms with Crippen LogP contribution in [0.1, 0.15) is 46.2 Å². The number of fused-ring (bicyclic) bond motifs is 2. The average molecular weight is 564 g/mol. The van der Waals surface area contributed by atoms with Crippen molar-refractivity contribution in [1.82, 2.24) is 20.5 Å². The first-order valence-corrected chi connectivity index (χ1v) is 12.8. The van der Waals surface area contributed by atoms with Crippen LogP contribution in [0.3, 0.4) is 0 Å². The van der Waals surface area contributed by atoms with E-state index in [4.69, 9.17) is 5.73 Å². The van der Waals surface area contributed by atoms with Gasteiger partial charge in [-0.2, -0.15) is 13.2 Å². The molecule has 216 valence electrons. The molecule has 0 radical (unpaired) electrons. The number of carbonyl (C=O) groups is 4. The average Bonchev–Trinajstić information content (AvgIpc) is 3.15. The molecule has 1 aliphatic carbocycles. The largest absolute Gasteiger partial charge is 0.471 e. The van der Waals surface area contributed by atoms with Gasteiger partial charge in [-0.05, 0) is 34.3 Å². The summed E-state index contributed by atoms with van der Waals surface area (Å²) in [6.45, 7) is 8.41. The van der Waals surface area contributed by atoms with E-state index in [9.17, 15) is 37.1 Å². The first-order valence-electron chi connectivity index (χ1n) is 12.8. The second-order valence-corrected chi connectivity index (χ2v) is 12.1. The molecule has 4 rings (SSSR count). The molecule has 1 aromatic heterocycles. The van der Waals surface area contributed by atoms with E-state index < -0.39 is 58.9 Å². The third kappa shape index (κ3) is 5.16. The zero-order valence-electron chi connectivity index (χ0n) is 22.7. The van der Waals surface area contributed by atoms with Crippen LogP contribution in [0.25, 0.3) is 10.9 Å². The fraction of sp³-hybridized carbons (Fsp3) is 0.519. The highest BCUT2D eigenvalue weighted by atomic mass is 19.4. The molecule has 13 heteroatoms. The number of likely N-dealkylation sites (tertiary alicyclic amines) is 1. The molecule has 2 unspecified atom stereocenters. The lowest BCUT2D eigenvalue weighted by Gasteiger charge is -2.38. The molecule has 2 heterocycles. The Morgan fingerprint density at radius 1 is 1.10 bits per heavy atom. The molecule has 1 saturated carbocycles. The van der Waals surface area contributed by atoms with E-state index in [0.29, 0.717) is 10.9 Å². The number of H-pyrrole nitrogens is 1. The van der Waals surface area contributed by atoms with Crippen molar-refractivity contribution in [3.8, 4) is 0 Å². The van der Waals surface area contributed by atoms with Crippen molar-refractivity contribution in [1.29, 1.82) is 0 Å². The zero-order valence-corrected chi connectivity index (χ0v) is 22.7. The number of amides is 4. The maximum absolute atomic E-state index is 13.8. The van der Waals surface area contributed by atoms with E-state index in [-0.39, 0.29) is 29.4 Å². The highest BCUT2D eigenvalue weighted by Crippen LogP contribution is 2.65. The number of pyridine rings is 1. The van der Waals surface area contributed by atoms with E-state index >= 15 is 0 Å². The van der Waals surface area contributed by atoms with Gasteiger partial charge in [0.05, 0.1) is 0 Å². The van der Waals surface area contributed by atoms with E-state index in [2.05, 4.69) is 10.3 Å². The summed E-state index contributed by atoms with van der Waals surface area (Å²) in [7, 11) is 0. The predicted molar refractivity (Wildman–Crippen MR) is 138 cm³/mol. The monoisotopic (exact) mass is 563 g/mol. The number of primary amides is 1. The summed E-state index contributed by atoms with van der Waals surface area (Å²) in [5, 5.41) is 4.85. The minimum absolute atomic E-state index is 0.0816. The predicted octanol–water partition coefficient (Wildman–Crippen LogP) is 1.75. The minimum Gasteiger partial charge on any atom is -0.368 e. The Kier molecular flexibility index (Phi) is 7.00. The Bertz CT molecular complexity index is 1440. The SMILES string of the molecule is CC(C)(C)C(NC(=O)C(F)(F)F)C(=O)N1C[C@H]2[C@@H]([C@H]1C(=O)NC(C(N)=O)c1cc(=O)[nH]c3ccccc13)C2(C)C. The van der Waals surface area contributed by atoms with Gasteiger partial charge in [0.25, 0.3) is 0 Å². The Balaban J connectivity index is 1.68. The number of halogens is 3. The van der Waals surface area contributed by atoms with Crippen molar-refractivity contribution in [3.05, 3.63) is 46.2 Å². The van der Waals surface area contributed by atoms with Gasteiger partial charge in [-0.1, -0.05) is 52.8 Å². The Morgan fingerprint density at radius 2 is 1.73 bits per heavy atom. The number of hydrogen-bond acceptors (Lipinski definition) is 5.